The van der Waals surface area contributed by atoms with Crippen LogP contribution in [0.1, 0.15) is 31.9 Å². The summed E-state index contributed by atoms with van der Waals surface area (Å²) in [5.41, 5.74) is 10.1. The molecule has 0 spiro atoms. The summed E-state index contributed by atoms with van der Waals surface area (Å²) in [5.74, 6) is -1.61. The van der Waals surface area contributed by atoms with E-state index in [4.69, 9.17) is 15.2 Å². The van der Waals surface area contributed by atoms with Gasteiger partial charge in [0.2, 0.25) is 0 Å². The topological polar surface area (TPSA) is 90.6 Å². The molecule has 6 heteroatoms. The Kier molecular flexibility index (Phi) is 7.49. The minimum Gasteiger partial charge on any atom is -0.463 e. The Balaban J connectivity index is 2.18. The first-order valence-electron chi connectivity index (χ1n) is 10.6. The number of nitrogens with two attached hydrogens (primary N) is 1. The van der Waals surface area contributed by atoms with E-state index >= 15 is 0 Å². The Labute approximate surface area is 188 Å². The van der Waals surface area contributed by atoms with Gasteiger partial charge in [-0.15, -0.1) is 0 Å². The summed E-state index contributed by atoms with van der Waals surface area (Å²) in [6.07, 6.45) is 3.70. The molecule has 0 saturated carbocycles. The van der Waals surface area contributed by atoms with Gasteiger partial charge in [-0.3, -0.25) is 0 Å². The second kappa shape index (κ2) is 10.5. The van der Waals surface area contributed by atoms with Crippen molar-refractivity contribution in [3.8, 4) is 0 Å². The number of benzene rings is 2. The van der Waals surface area contributed by atoms with E-state index < -0.39 is 17.9 Å². The van der Waals surface area contributed by atoms with Crippen molar-refractivity contribution in [1.29, 1.82) is 0 Å². The molecule has 2 aromatic carbocycles. The zero-order chi connectivity index (χ0) is 23.1. The van der Waals surface area contributed by atoms with E-state index in [1.807, 2.05) is 54.6 Å². The Morgan fingerprint density at radius 2 is 1.53 bits per heavy atom. The van der Waals surface area contributed by atoms with E-state index in [9.17, 15) is 9.59 Å². The molecule has 0 unspecified atom stereocenters. The summed E-state index contributed by atoms with van der Waals surface area (Å²) in [5, 5.41) is 3.25. The lowest BCUT2D eigenvalue weighted by Gasteiger charge is -2.30. The summed E-state index contributed by atoms with van der Waals surface area (Å²) in [4.78, 5) is 26.0. The summed E-state index contributed by atoms with van der Waals surface area (Å²) < 4.78 is 10.7. The van der Waals surface area contributed by atoms with Gasteiger partial charge in [0.15, 0.2) is 0 Å². The van der Waals surface area contributed by atoms with Gasteiger partial charge in [-0.2, -0.15) is 0 Å². The van der Waals surface area contributed by atoms with Gasteiger partial charge in [-0.05, 0) is 44.0 Å². The molecule has 0 saturated heterocycles. The Bertz CT molecular complexity index is 1070. The summed E-state index contributed by atoms with van der Waals surface area (Å²) in [6, 6.07) is 16.9. The molecule has 1 heterocycles. The highest BCUT2D eigenvalue weighted by atomic mass is 16.5. The van der Waals surface area contributed by atoms with Gasteiger partial charge in [0, 0.05) is 17.3 Å². The highest BCUT2D eigenvalue weighted by Gasteiger charge is 2.36. The van der Waals surface area contributed by atoms with Crippen LogP contribution >= 0.6 is 0 Å². The quantitative estimate of drug-likeness (QED) is 0.500. The van der Waals surface area contributed by atoms with Crippen LogP contribution in [0.4, 0.5) is 5.69 Å². The van der Waals surface area contributed by atoms with E-state index in [0.717, 1.165) is 11.1 Å². The van der Waals surface area contributed by atoms with Crippen molar-refractivity contribution in [2.24, 2.45) is 5.92 Å². The maximum Gasteiger partial charge on any atom is 0.337 e. The number of carbonyl (C=O) groups is 2. The third kappa shape index (κ3) is 5.09. The van der Waals surface area contributed by atoms with Crippen molar-refractivity contribution >= 4 is 29.4 Å². The summed E-state index contributed by atoms with van der Waals surface area (Å²) in [6.45, 7) is 5.76. The van der Waals surface area contributed by atoms with Gasteiger partial charge in [0.25, 0.3) is 0 Å². The van der Waals surface area contributed by atoms with Gasteiger partial charge in [-0.25, -0.2) is 9.59 Å². The lowest BCUT2D eigenvalue weighted by molar-refractivity contribution is -0.139. The molecule has 0 aromatic heterocycles. The molecule has 0 amide bonds. The second-order valence-corrected chi connectivity index (χ2v) is 7.26. The van der Waals surface area contributed by atoms with E-state index in [1.165, 1.54) is 0 Å². The molecule has 0 radical (unpaired) electrons. The number of nitrogens with one attached hydrogen (secondary N) is 1. The molecule has 0 bridgehead atoms. The summed E-state index contributed by atoms with van der Waals surface area (Å²) >= 11 is 0. The Hall–Kier alpha value is -3.80. The average Bonchev–Trinajstić information content (AvgIpc) is 2.79. The fourth-order valence-electron chi connectivity index (χ4n) is 3.62. The number of hydrogen-bond donors (Lipinski definition) is 2. The van der Waals surface area contributed by atoms with Crippen LogP contribution in [0.25, 0.3) is 11.8 Å². The van der Waals surface area contributed by atoms with Gasteiger partial charge in [0.1, 0.15) is 0 Å². The molecule has 0 aliphatic carbocycles. The minimum absolute atomic E-state index is 0.218. The standard InChI is InChI=1S/C26H28N2O4/c1-4-31-25(29)22-17(3)28-24(19-9-7-6-8-10-19)23(26(30)32-5-2)21(22)16-13-18-11-14-20(27)15-12-18/h6-16,21,28H,4-5,27H2,1-3H3/b16-13+/t21-/m0/s1. The number of carbonyl (C=O) groups excluding carboxylic acids is 2. The first-order valence-corrected chi connectivity index (χ1v) is 10.6. The molecule has 3 N–H and O–H groups in total. The first kappa shape index (κ1) is 22.9. The molecule has 1 atom stereocenters. The fraction of sp³-hybridized carbons (Fsp3) is 0.231. The predicted octanol–water partition coefficient (Wildman–Crippen LogP) is 4.31. The number of dihydropyridines is 1. The highest BCUT2D eigenvalue weighted by Crippen LogP contribution is 2.36. The maximum absolute atomic E-state index is 13.1. The van der Waals surface area contributed by atoms with Gasteiger partial charge >= 0.3 is 11.9 Å². The third-order valence-electron chi connectivity index (χ3n) is 5.08. The van der Waals surface area contributed by atoms with Crippen LogP contribution in [-0.4, -0.2) is 25.2 Å². The number of anilines is 1. The van der Waals surface area contributed by atoms with Crippen LogP contribution in [0.2, 0.25) is 0 Å². The lowest BCUT2D eigenvalue weighted by atomic mass is 9.83. The zero-order valence-corrected chi connectivity index (χ0v) is 18.6. The third-order valence-corrected chi connectivity index (χ3v) is 5.08. The molecule has 32 heavy (non-hydrogen) atoms. The molecule has 2 aromatic rings. The lowest BCUT2D eigenvalue weighted by Crippen LogP contribution is -2.33. The summed E-state index contributed by atoms with van der Waals surface area (Å²) in [7, 11) is 0. The second-order valence-electron chi connectivity index (χ2n) is 7.26. The van der Waals surface area contributed by atoms with Gasteiger partial charge in [-0.1, -0.05) is 54.6 Å². The molecule has 1 aliphatic heterocycles. The van der Waals surface area contributed by atoms with E-state index in [-0.39, 0.29) is 13.2 Å². The van der Waals surface area contributed by atoms with Crippen molar-refractivity contribution < 1.29 is 19.1 Å². The minimum atomic E-state index is -0.651. The van der Waals surface area contributed by atoms with Crippen molar-refractivity contribution in [3.63, 3.8) is 0 Å². The van der Waals surface area contributed by atoms with Crippen molar-refractivity contribution in [2.45, 2.75) is 20.8 Å². The monoisotopic (exact) mass is 432 g/mol. The molecular formula is C26H28N2O4. The van der Waals surface area contributed by atoms with E-state index in [0.29, 0.717) is 28.2 Å². The SMILES string of the molecule is CCOC(=O)C1=C(C)NC(c2ccccc2)=C(C(=O)OCC)[C@H]1/C=C/c1ccc(N)cc1. The predicted molar refractivity (Wildman–Crippen MR) is 126 cm³/mol. The van der Waals surface area contributed by atoms with E-state index in [2.05, 4.69) is 5.32 Å². The Morgan fingerprint density at radius 3 is 2.12 bits per heavy atom. The first-order chi connectivity index (χ1) is 15.5. The van der Waals surface area contributed by atoms with Crippen LogP contribution in [-0.2, 0) is 19.1 Å². The molecular weight excluding hydrogens is 404 g/mol. The smallest absolute Gasteiger partial charge is 0.337 e. The van der Waals surface area contributed by atoms with Crippen LogP contribution in [0.3, 0.4) is 0 Å². The highest BCUT2D eigenvalue weighted by molar-refractivity contribution is 6.04. The average molecular weight is 433 g/mol. The fourth-order valence-corrected chi connectivity index (χ4v) is 3.62. The van der Waals surface area contributed by atoms with Crippen LogP contribution < -0.4 is 11.1 Å². The number of hydrogen-bond acceptors (Lipinski definition) is 6. The molecule has 6 nitrogen and oxygen atoms in total. The number of allylic oxidation sites excluding steroid dienone is 2. The van der Waals surface area contributed by atoms with E-state index in [1.54, 1.807) is 32.9 Å². The Morgan fingerprint density at radius 1 is 0.938 bits per heavy atom. The molecule has 166 valence electrons. The molecule has 0 fully saturated rings. The zero-order valence-electron chi connectivity index (χ0n) is 18.6. The van der Waals surface area contributed by atoms with Crippen molar-refractivity contribution in [3.05, 3.63) is 88.6 Å². The van der Waals surface area contributed by atoms with Crippen LogP contribution in [0.15, 0.2) is 77.5 Å². The normalized spacial score (nSPS) is 16.2. The number of nitrogen functional groups attached to an aromatic ring is 1. The van der Waals surface area contributed by atoms with Crippen molar-refractivity contribution in [1.82, 2.24) is 5.32 Å². The number of esters is 2. The van der Waals surface area contributed by atoms with Gasteiger partial charge in [0.05, 0.1) is 30.1 Å². The largest absolute Gasteiger partial charge is 0.463 e. The molecule has 1 aliphatic rings. The number of ether oxygens (including phenoxy) is 2. The number of rotatable bonds is 7. The van der Waals surface area contributed by atoms with Crippen LogP contribution in [0, 0.1) is 5.92 Å². The van der Waals surface area contributed by atoms with Gasteiger partial charge < -0.3 is 20.5 Å². The maximum atomic E-state index is 13.1. The van der Waals surface area contributed by atoms with Crippen LogP contribution in [0.5, 0.6) is 0 Å². The van der Waals surface area contributed by atoms with Crippen molar-refractivity contribution in [2.75, 3.05) is 18.9 Å². The molecule has 3 rings (SSSR count).